The van der Waals surface area contributed by atoms with Gasteiger partial charge in [0.2, 0.25) is 0 Å². The first kappa shape index (κ1) is 15.4. The second-order valence-corrected chi connectivity index (χ2v) is 5.86. The Morgan fingerprint density at radius 2 is 2.05 bits per heavy atom. The molecule has 1 aliphatic carbocycles. The van der Waals surface area contributed by atoms with E-state index in [2.05, 4.69) is 12.2 Å². The SMILES string of the molecule is CC1CCCCC1CNCC(O)c1cc(F)ccc1F. The standard InChI is InChI=1S/C16H23F2NO/c1-11-4-2-3-5-12(11)9-19-10-16(20)14-8-13(17)6-7-15(14)18/h6-8,11-12,16,19-20H,2-5,9-10H2,1H3. The van der Waals surface area contributed by atoms with Gasteiger partial charge in [-0.25, -0.2) is 8.78 Å². The van der Waals surface area contributed by atoms with Crippen LogP contribution in [0.4, 0.5) is 8.78 Å². The Morgan fingerprint density at radius 3 is 2.80 bits per heavy atom. The minimum atomic E-state index is -1.01. The highest BCUT2D eigenvalue weighted by Crippen LogP contribution is 2.29. The Morgan fingerprint density at radius 1 is 1.30 bits per heavy atom. The molecule has 0 aliphatic heterocycles. The van der Waals surface area contributed by atoms with Crippen molar-refractivity contribution < 1.29 is 13.9 Å². The monoisotopic (exact) mass is 283 g/mol. The molecule has 4 heteroatoms. The van der Waals surface area contributed by atoms with Crippen molar-refractivity contribution in [2.24, 2.45) is 11.8 Å². The molecule has 2 nitrogen and oxygen atoms in total. The number of rotatable bonds is 5. The van der Waals surface area contributed by atoms with Crippen molar-refractivity contribution in [2.45, 2.75) is 38.7 Å². The first-order valence-electron chi connectivity index (χ1n) is 7.41. The van der Waals surface area contributed by atoms with Crippen molar-refractivity contribution in [1.29, 1.82) is 0 Å². The largest absolute Gasteiger partial charge is 0.387 e. The molecule has 0 spiro atoms. The number of nitrogens with one attached hydrogen (secondary N) is 1. The van der Waals surface area contributed by atoms with E-state index < -0.39 is 17.7 Å². The van der Waals surface area contributed by atoms with E-state index in [1.54, 1.807) is 0 Å². The molecule has 20 heavy (non-hydrogen) atoms. The van der Waals surface area contributed by atoms with Gasteiger partial charge in [-0.2, -0.15) is 0 Å². The van der Waals surface area contributed by atoms with Crippen molar-refractivity contribution in [1.82, 2.24) is 5.32 Å². The Kier molecular flexibility index (Phi) is 5.49. The van der Waals surface area contributed by atoms with Gasteiger partial charge in [-0.1, -0.05) is 26.2 Å². The molecule has 0 aromatic heterocycles. The Balaban J connectivity index is 1.82. The predicted octanol–water partition coefficient (Wildman–Crippen LogP) is 3.41. The van der Waals surface area contributed by atoms with Gasteiger partial charge in [-0.15, -0.1) is 0 Å². The summed E-state index contributed by atoms with van der Waals surface area (Å²) in [6.45, 7) is 3.34. The van der Waals surface area contributed by atoms with Gasteiger partial charge in [0.1, 0.15) is 11.6 Å². The van der Waals surface area contributed by atoms with E-state index in [-0.39, 0.29) is 12.1 Å². The van der Waals surface area contributed by atoms with Crippen LogP contribution in [0.3, 0.4) is 0 Å². The van der Waals surface area contributed by atoms with Crippen molar-refractivity contribution in [3.8, 4) is 0 Å². The van der Waals surface area contributed by atoms with E-state index >= 15 is 0 Å². The molecule has 1 aliphatic rings. The molecule has 0 bridgehead atoms. The topological polar surface area (TPSA) is 32.3 Å². The number of hydrogen-bond acceptors (Lipinski definition) is 2. The summed E-state index contributed by atoms with van der Waals surface area (Å²) >= 11 is 0. The van der Waals surface area contributed by atoms with Crippen molar-refractivity contribution in [3.05, 3.63) is 35.4 Å². The fourth-order valence-corrected chi connectivity index (χ4v) is 2.98. The summed E-state index contributed by atoms with van der Waals surface area (Å²) in [6, 6.07) is 3.17. The van der Waals surface area contributed by atoms with Crippen LogP contribution in [0, 0.1) is 23.5 Å². The fourth-order valence-electron chi connectivity index (χ4n) is 2.98. The van der Waals surface area contributed by atoms with Crippen LogP contribution in [-0.2, 0) is 0 Å². The lowest BCUT2D eigenvalue weighted by molar-refractivity contribution is 0.161. The second kappa shape index (κ2) is 7.14. The number of hydrogen-bond donors (Lipinski definition) is 2. The van der Waals surface area contributed by atoms with Gasteiger partial charge in [0.25, 0.3) is 0 Å². The lowest BCUT2D eigenvalue weighted by Crippen LogP contribution is -2.32. The lowest BCUT2D eigenvalue weighted by Gasteiger charge is -2.29. The molecule has 1 aromatic carbocycles. The van der Waals surface area contributed by atoms with Gasteiger partial charge < -0.3 is 10.4 Å². The first-order valence-corrected chi connectivity index (χ1v) is 7.41. The molecule has 1 saturated carbocycles. The summed E-state index contributed by atoms with van der Waals surface area (Å²) < 4.78 is 26.6. The maximum Gasteiger partial charge on any atom is 0.129 e. The summed E-state index contributed by atoms with van der Waals surface area (Å²) in [4.78, 5) is 0. The predicted molar refractivity (Wildman–Crippen MR) is 75.3 cm³/mol. The van der Waals surface area contributed by atoms with E-state index in [0.717, 1.165) is 24.7 Å². The highest BCUT2D eigenvalue weighted by atomic mass is 19.1. The van der Waals surface area contributed by atoms with Crippen molar-refractivity contribution >= 4 is 0 Å². The summed E-state index contributed by atoms with van der Waals surface area (Å²) in [6.07, 6.45) is 4.02. The Bertz CT molecular complexity index is 438. The third-order valence-electron chi connectivity index (χ3n) is 4.35. The molecule has 2 rings (SSSR count). The normalized spacial score (nSPS) is 24.6. The third kappa shape index (κ3) is 4.00. The maximum atomic E-state index is 13.5. The summed E-state index contributed by atoms with van der Waals surface area (Å²) in [5.41, 5.74) is 0.0224. The van der Waals surface area contributed by atoms with Gasteiger partial charge in [0, 0.05) is 12.1 Å². The highest BCUT2D eigenvalue weighted by Gasteiger charge is 2.21. The molecule has 3 atom stereocenters. The Hall–Kier alpha value is -1.00. The molecular formula is C16H23F2NO. The van der Waals surface area contributed by atoms with Crippen LogP contribution < -0.4 is 5.32 Å². The number of benzene rings is 1. The van der Waals surface area contributed by atoms with E-state index in [9.17, 15) is 13.9 Å². The van der Waals surface area contributed by atoms with Crippen LogP contribution in [0.1, 0.15) is 44.3 Å². The fraction of sp³-hybridized carbons (Fsp3) is 0.625. The molecule has 0 amide bonds. The Labute approximate surface area is 119 Å². The quantitative estimate of drug-likeness (QED) is 0.868. The molecule has 1 aromatic rings. The summed E-state index contributed by atoms with van der Waals surface area (Å²) in [5, 5.41) is 13.1. The number of aliphatic hydroxyl groups excluding tert-OH is 1. The second-order valence-electron chi connectivity index (χ2n) is 5.86. The van der Waals surface area contributed by atoms with E-state index in [4.69, 9.17) is 0 Å². The van der Waals surface area contributed by atoms with Crippen LogP contribution in [-0.4, -0.2) is 18.2 Å². The summed E-state index contributed by atoms with van der Waals surface area (Å²) in [7, 11) is 0. The van der Waals surface area contributed by atoms with E-state index in [0.29, 0.717) is 11.8 Å². The average Bonchev–Trinajstić information content (AvgIpc) is 2.43. The van der Waals surface area contributed by atoms with E-state index in [1.165, 1.54) is 25.7 Å². The summed E-state index contributed by atoms with van der Waals surface area (Å²) in [5.74, 6) is 0.223. The van der Waals surface area contributed by atoms with Crippen LogP contribution in [0.15, 0.2) is 18.2 Å². The van der Waals surface area contributed by atoms with Crippen molar-refractivity contribution in [2.75, 3.05) is 13.1 Å². The van der Waals surface area contributed by atoms with Gasteiger partial charge in [-0.05, 0) is 43.0 Å². The van der Waals surface area contributed by atoms with Crippen LogP contribution >= 0.6 is 0 Å². The molecule has 1 fully saturated rings. The molecule has 2 N–H and O–H groups in total. The van der Waals surface area contributed by atoms with Crippen LogP contribution in [0.2, 0.25) is 0 Å². The molecule has 3 unspecified atom stereocenters. The molecule has 0 radical (unpaired) electrons. The smallest absolute Gasteiger partial charge is 0.129 e. The van der Waals surface area contributed by atoms with Gasteiger partial charge >= 0.3 is 0 Å². The van der Waals surface area contributed by atoms with E-state index in [1.807, 2.05) is 0 Å². The number of aliphatic hydroxyl groups is 1. The average molecular weight is 283 g/mol. The zero-order valence-electron chi connectivity index (χ0n) is 11.9. The molecule has 112 valence electrons. The van der Waals surface area contributed by atoms with Gasteiger partial charge in [-0.3, -0.25) is 0 Å². The first-order chi connectivity index (χ1) is 9.58. The molecular weight excluding hydrogens is 260 g/mol. The van der Waals surface area contributed by atoms with Gasteiger partial charge in [0.05, 0.1) is 6.10 Å². The number of halogens is 2. The lowest BCUT2D eigenvalue weighted by atomic mass is 9.80. The maximum absolute atomic E-state index is 13.5. The zero-order chi connectivity index (χ0) is 14.5. The highest BCUT2D eigenvalue weighted by molar-refractivity contribution is 5.21. The van der Waals surface area contributed by atoms with Crippen LogP contribution in [0.25, 0.3) is 0 Å². The van der Waals surface area contributed by atoms with Crippen molar-refractivity contribution in [3.63, 3.8) is 0 Å². The molecule has 0 heterocycles. The third-order valence-corrected chi connectivity index (χ3v) is 4.35. The minimum absolute atomic E-state index is 0.0224. The van der Waals surface area contributed by atoms with Gasteiger partial charge in [0.15, 0.2) is 0 Å². The molecule has 0 saturated heterocycles. The van der Waals surface area contributed by atoms with Crippen LogP contribution in [0.5, 0.6) is 0 Å². The minimum Gasteiger partial charge on any atom is -0.387 e. The zero-order valence-corrected chi connectivity index (χ0v) is 11.9.